The maximum atomic E-state index is 14.1. The van der Waals surface area contributed by atoms with E-state index in [1.54, 1.807) is 12.1 Å². The lowest BCUT2D eigenvalue weighted by molar-refractivity contribution is 0.0941. The summed E-state index contributed by atoms with van der Waals surface area (Å²) >= 11 is 1.22. The lowest BCUT2D eigenvalue weighted by atomic mass is 10.1. The Balaban J connectivity index is 1.83. The lowest BCUT2D eigenvalue weighted by Gasteiger charge is -2.15. The van der Waals surface area contributed by atoms with Gasteiger partial charge in [-0.1, -0.05) is 18.2 Å². The first-order valence-corrected chi connectivity index (χ1v) is 9.15. The minimum atomic E-state index is -0.394. The van der Waals surface area contributed by atoms with E-state index in [1.165, 1.54) is 24.5 Å². The first kappa shape index (κ1) is 18.2. The molecule has 1 heterocycles. The highest BCUT2D eigenvalue weighted by Gasteiger charge is 2.23. The number of thiophene rings is 1. The molecule has 0 radical (unpaired) electrons. The molecule has 1 aromatic heterocycles. The van der Waals surface area contributed by atoms with E-state index in [1.807, 2.05) is 38.1 Å². The molecule has 0 fully saturated rings. The molecule has 0 saturated heterocycles. The van der Waals surface area contributed by atoms with Gasteiger partial charge in [0.25, 0.3) is 5.91 Å². The number of nitrogens with one attached hydrogen (secondary N) is 1. The normalized spacial score (nSPS) is 12.0. The fraction of sp³-hybridized carbons (Fsp3) is 0.250. The van der Waals surface area contributed by atoms with Crippen LogP contribution >= 0.6 is 11.3 Å². The van der Waals surface area contributed by atoms with Crippen molar-refractivity contribution in [3.05, 3.63) is 58.7 Å². The molecule has 3 rings (SSSR count). The van der Waals surface area contributed by atoms with Crippen LogP contribution in [0, 0.1) is 5.82 Å². The molecule has 0 aliphatic carbocycles. The van der Waals surface area contributed by atoms with Crippen LogP contribution in [0.1, 0.15) is 35.1 Å². The lowest BCUT2D eigenvalue weighted by Crippen LogP contribution is -2.26. The second-order valence-corrected chi connectivity index (χ2v) is 6.83. The van der Waals surface area contributed by atoms with Gasteiger partial charge < -0.3 is 14.8 Å². The highest BCUT2D eigenvalue weighted by atomic mass is 32.1. The minimum Gasteiger partial charge on any atom is -0.494 e. The summed E-state index contributed by atoms with van der Waals surface area (Å²) in [7, 11) is 1.45. The van der Waals surface area contributed by atoms with Crippen molar-refractivity contribution in [2.75, 3.05) is 13.7 Å². The molecule has 4 nitrogen and oxygen atoms in total. The van der Waals surface area contributed by atoms with E-state index < -0.39 is 5.82 Å². The third-order valence-corrected chi connectivity index (χ3v) is 5.20. The summed E-state index contributed by atoms with van der Waals surface area (Å²) in [6.07, 6.45) is 0. The highest BCUT2D eigenvalue weighted by molar-refractivity contribution is 7.21. The fourth-order valence-electron chi connectivity index (χ4n) is 2.79. The Morgan fingerprint density at radius 3 is 2.62 bits per heavy atom. The molecule has 6 heteroatoms. The summed E-state index contributed by atoms with van der Waals surface area (Å²) < 4.78 is 25.6. The van der Waals surface area contributed by atoms with Crippen LogP contribution in [-0.4, -0.2) is 19.6 Å². The molecule has 1 atom stereocenters. The van der Waals surface area contributed by atoms with Gasteiger partial charge in [-0.05, 0) is 43.7 Å². The summed E-state index contributed by atoms with van der Waals surface area (Å²) in [4.78, 5) is 13.1. The fourth-order valence-corrected chi connectivity index (χ4v) is 3.88. The van der Waals surface area contributed by atoms with Gasteiger partial charge in [-0.25, -0.2) is 4.39 Å². The largest absolute Gasteiger partial charge is 0.494 e. The molecule has 0 aliphatic heterocycles. The molecule has 2 aromatic carbocycles. The molecule has 26 heavy (non-hydrogen) atoms. The molecule has 0 unspecified atom stereocenters. The number of carbonyl (C=O) groups is 1. The predicted octanol–water partition coefficient (Wildman–Crippen LogP) is 4.94. The molecular weight excluding hydrogens is 353 g/mol. The van der Waals surface area contributed by atoms with Crippen molar-refractivity contribution in [3.8, 4) is 11.5 Å². The van der Waals surface area contributed by atoms with Crippen LogP contribution < -0.4 is 14.8 Å². The number of benzene rings is 2. The number of hydrogen-bond donors (Lipinski definition) is 1. The van der Waals surface area contributed by atoms with Gasteiger partial charge >= 0.3 is 0 Å². The average molecular weight is 373 g/mol. The molecule has 0 bridgehead atoms. The Kier molecular flexibility index (Phi) is 5.42. The third-order valence-electron chi connectivity index (χ3n) is 4.07. The zero-order chi connectivity index (χ0) is 18.7. The van der Waals surface area contributed by atoms with E-state index >= 15 is 0 Å². The molecule has 1 N–H and O–H groups in total. The SMILES string of the molecule is CCOc1ccc([C@@H](C)NC(=O)c2sc3cccc(F)c3c2OC)cc1. The second kappa shape index (κ2) is 7.74. The number of hydrogen-bond acceptors (Lipinski definition) is 4. The summed E-state index contributed by atoms with van der Waals surface area (Å²) in [6, 6.07) is 12.1. The maximum Gasteiger partial charge on any atom is 0.265 e. The first-order chi connectivity index (χ1) is 12.5. The van der Waals surface area contributed by atoms with Crippen molar-refractivity contribution in [3.63, 3.8) is 0 Å². The van der Waals surface area contributed by atoms with Gasteiger partial charge in [0.2, 0.25) is 0 Å². The van der Waals surface area contributed by atoms with Crippen LogP contribution in [0.5, 0.6) is 11.5 Å². The Bertz CT molecular complexity index is 921. The Morgan fingerprint density at radius 1 is 1.23 bits per heavy atom. The van der Waals surface area contributed by atoms with Crippen LogP contribution in [0.4, 0.5) is 4.39 Å². The van der Waals surface area contributed by atoms with Gasteiger partial charge in [0.1, 0.15) is 16.4 Å². The van der Waals surface area contributed by atoms with E-state index in [4.69, 9.17) is 9.47 Å². The molecule has 1 amide bonds. The van der Waals surface area contributed by atoms with E-state index in [2.05, 4.69) is 5.32 Å². The summed E-state index contributed by atoms with van der Waals surface area (Å²) in [6.45, 7) is 4.43. The third kappa shape index (κ3) is 3.51. The Hall–Kier alpha value is -2.60. The molecule has 0 aliphatic rings. The van der Waals surface area contributed by atoms with Crippen molar-refractivity contribution in [2.24, 2.45) is 0 Å². The maximum absolute atomic E-state index is 14.1. The zero-order valence-corrected chi connectivity index (χ0v) is 15.7. The van der Waals surface area contributed by atoms with Crippen molar-refractivity contribution in [1.82, 2.24) is 5.32 Å². The van der Waals surface area contributed by atoms with Gasteiger partial charge in [-0.2, -0.15) is 0 Å². The van der Waals surface area contributed by atoms with Crippen molar-refractivity contribution in [1.29, 1.82) is 0 Å². The molecule has 136 valence electrons. The number of carbonyl (C=O) groups excluding carboxylic acids is 1. The van der Waals surface area contributed by atoms with Gasteiger partial charge in [-0.3, -0.25) is 4.79 Å². The van der Waals surface area contributed by atoms with Crippen molar-refractivity contribution >= 4 is 27.3 Å². The van der Waals surface area contributed by atoms with Crippen LogP contribution in [0.3, 0.4) is 0 Å². The van der Waals surface area contributed by atoms with Crippen LogP contribution in [-0.2, 0) is 0 Å². The standard InChI is InChI=1S/C20H20FNO3S/c1-4-25-14-10-8-13(9-11-14)12(2)22-20(23)19-18(24-3)17-15(21)6-5-7-16(17)26-19/h5-12H,4H2,1-3H3,(H,22,23)/t12-/m1/s1. The van der Waals surface area contributed by atoms with Gasteiger partial charge in [-0.15, -0.1) is 11.3 Å². The summed E-state index contributed by atoms with van der Waals surface area (Å²) in [5.74, 6) is 0.383. The van der Waals surface area contributed by atoms with Gasteiger partial charge in [0.05, 0.1) is 25.1 Å². The number of ether oxygens (including phenoxy) is 2. The zero-order valence-electron chi connectivity index (χ0n) is 14.8. The Morgan fingerprint density at radius 2 is 1.96 bits per heavy atom. The van der Waals surface area contributed by atoms with Crippen molar-refractivity contribution < 1.29 is 18.7 Å². The number of fused-ring (bicyclic) bond motifs is 1. The monoisotopic (exact) mass is 373 g/mol. The van der Waals surface area contributed by atoms with E-state index in [0.29, 0.717) is 21.6 Å². The van der Waals surface area contributed by atoms with E-state index in [0.717, 1.165) is 11.3 Å². The molecule has 0 spiro atoms. The molecule has 3 aromatic rings. The number of amides is 1. The van der Waals surface area contributed by atoms with Crippen LogP contribution in [0.15, 0.2) is 42.5 Å². The second-order valence-electron chi connectivity index (χ2n) is 5.77. The molecular formula is C20H20FNO3S. The van der Waals surface area contributed by atoms with Gasteiger partial charge in [0.15, 0.2) is 5.75 Å². The van der Waals surface area contributed by atoms with Crippen molar-refractivity contribution in [2.45, 2.75) is 19.9 Å². The summed E-state index contributed by atoms with van der Waals surface area (Å²) in [5, 5.41) is 3.29. The number of rotatable bonds is 6. The smallest absolute Gasteiger partial charge is 0.265 e. The number of halogens is 1. The van der Waals surface area contributed by atoms with Crippen LogP contribution in [0.25, 0.3) is 10.1 Å². The predicted molar refractivity (Wildman–Crippen MR) is 102 cm³/mol. The van der Waals surface area contributed by atoms with E-state index in [-0.39, 0.29) is 17.7 Å². The minimum absolute atomic E-state index is 0.210. The highest BCUT2D eigenvalue weighted by Crippen LogP contribution is 2.39. The summed E-state index contributed by atoms with van der Waals surface area (Å²) in [5.41, 5.74) is 0.952. The molecule has 0 saturated carbocycles. The average Bonchev–Trinajstić information content (AvgIpc) is 3.02. The first-order valence-electron chi connectivity index (χ1n) is 8.33. The number of methoxy groups -OCH3 is 1. The Labute approximate surface area is 155 Å². The van der Waals surface area contributed by atoms with E-state index in [9.17, 15) is 9.18 Å². The topological polar surface area (TPSA) is 47.6 Å². The quantitative estimate of drug-likeness (QED) is 0.666. The van der Waals surface area contributed by atoms with Gasteiger partial charge in [0, 0.05) is 4.70 Å². The van der Waals surface area contributed by atoms with Crippen LogP contribution in [0.2, 0.25) is 0 Å².